The third-order valence-electron chi connectivity index (χ3n) is 1.63. The van der Waals surface area contributed by atoms with E-state index < -0.39 is 0 Å². The van der Waals surface area contributed by atoms with Crippen LogP contribution < -0.4 is 9.11 Å². The molecule has 1 heterocycles. The van der Waals surface area contributed by atoms with Crippen molar-refractivity contribution in [2.45, 2.75) is 0 Å². The number of fused-ring (bicyclic) bond motifs is 1. The largest absolute Gasteiger partial charge is 0.272 e. The van der Waals surface area contributed by atoms with E-state index in [1.807, 2.05) is 24.3 Å². The second-order valence-electron chi connectivity index (χ2n) is 2.48. The summed E-state index contributed by atoms with van der Waals surface area (Å²) in [5, 5.41) is 0. The average molecular weight is 182 g/mol. The molecule has 0 N–H and O–H groups in total. The van der Waals surface area contributed by atoms with Gasteiger partial charge in [-0.2, -0.15) is 0 Å². The molecule has 0 bridgehead atoms. The molecule has 0 aliphatic heterocycles. The Morgan fingerprint density at radius 3 is 1.67 bits per heavy atom. The zero-order valence-electron chi connectivity index (χ0n) is 6.36. The van der Waals surface area contributed by atoms with Gasteiger partial charge in [-0.1, -0.05) is 21.2 Å². The summed E-state index contributed by atoms with van der Waals surface area (Å²) in [5.74, 6) is 0. The van der Waals surface area contributed by atoms with Crippen LogP contribution in [0.4, 0.5) is 0 Å². The van der Waals surface area contributed by atoms with Crippen LogP contribution in [0, 0.1) is 0 Å². The highest BCUT2D eigenvalue weighted by molar-refractivity contribution is 6.46. The molecule has 0 atom stereocenters. The van der Waals surface area contributed by atoms with Crippen LogP contribution in [0.5, 0.6) is 0 Å². The van der Waals surface area contributed by atoms with Crippen molar-refractivity contribution < 1.29 is 0 Å². The fourth-order valence-corrected chi connectivity index (χ4v) is 1.43. The highest BCUT2D eigenvalue weighted by atomic mass is 27.1. The molecule has 1 aromatic carbocycles. The number of para-hydroxylation sites is 2. The van der Waals surface area contributed by atoms with Crippen LogP contribution in [0.1, 0.15) is 0 Å². The van der Waals surface area contributed by atoms with Gasteiger partial charge < -0.3 is 0 Å². The zero-order valence-corrected chi connectivity index (χ0v) is 8.67. The maximum Gasteiger partial charge on any atom is 0.210 e. The fourth-order valence-electron chi connectivity index (χ4n) is 1.03. The second-order valence-corrected chi connectivity index (χ2v) is 3.58. The fraction of sp³-hybridized carbons (Fsp3) is 0. The molecule has 0 saturated carbocycles. The second kappa shape index (κ2) is 3.17. The molecule has 12 heavy (non-hydrogen) atoms. The van der Waals surface area contributed by atoms with Crippen molar-refractivity contribution in [3.63, 3.8) is 0 Å². The summed E-state index contributed by atoms with van der Waals surface area (Å²) in [6.45, 7) is 0. The molecule has 52 valence electrons. The monoisotopic (exact) mass is 182 g/mol. The lowest BCUT2D eigenvalue weighted by molar-refractivity contribution is 1.39. The van der Waals surface area contributed by atoms with Gasteiger partial charge in [-0.3, -0.25) is 9.97 Å². The molecule has 2 aromatic rings. The van der Waals surface area contributed by atoms with Gasteiger partial charge in [0.15, 0.2) is 0 Å². The van der Waals surface area contributed by atoms with Gasteiger partial charge in [0.25, 0.3) is 0 Å². The van der Waals surface area contributed by atoms with Crippen LogP contribution in [0.2, 0.25) is 0 Å². The van der Waals surface area contributed by atoms with Crippen LogP contribution in [-0.2, 0) is 0 Å². The molecule has 2 rings (SSSR count). The molecule has 0 amide bonds. The van der Waals surface area contributed by atoms with Crippen LogP contribution in [0.3, 0.4) is 0 Å². The Balaban J connectivity index is 2.84. The molecule has 4 heteroatoms. The van der Waals surface area contributed by atoms with E-state index in [1.165, 1.54) is 0 Å². The Morgan fingerprint density at radius 1 is 0.833 bits per heavy atom. The molecule has 0 spiro atoms. The zero-order chi connectivity index (χ0) is 8.55. The Labute approximate surface area is 86.9 Å². The summed E-state index contributed by atoms with van der Waals surface area (Å²) >= 11 is 5.13. The van der Waals surface area contributed by atoms with Gasteiger partial charge in [-0.05, 0) is 12.1 Å². The van der Waals surface area contributed by atoms with Crippen LogP contribution in [-0.4, -0.2) is 42.5 Å². The molecule has 4 radical (unpaired) electrons. The van der Waals surface area contributed by atoms with Gasteiger partial charge in [-0.15, -0.1) is 0 Å². The van der Waals surface area contributed by atoms with Crippen molar-refractivity contribution in [1.82, 2.24) is 9.97 Å². The molecule has 0 unspecified atom stereocenters. The Morgan fingerprint density at radius 2 is 1.25 bits per heavy atom. The van der Waals surface area contributed by atoms with Crippen LogP contribution in [0.15, 0.2) is 24.3 Å². The molecule has 2 nitrogen and oxygen atoms in total. The van der Waals surface area contributed by atoms with Crippen molar-refractivity contribution in [3.8, 4) is 0 Å². The van der Waals surface area contributed by atoms with Crippen LogP contribution in [0.25, 0.3) is 11.0 Å². The first-order valence-electron chi connectivity index (χ1n) is 3.55. The number of nitrogens with zero attached hydrogens (tertiary/aromatic N) is 2. The standard InChI is InChI=1S/C8H4N2.2Al/c1-2-4-8-7(3-1)9-5-6-10-8;;/h1-4H;;. The summed E-state index contributed by atoms with van der Waals surface area (Å²) < 4.78 is 1.78. The highest BCUT2D eigenvalue weighted by Crippen LogP contribution is 2.02. The predicted molar refractivity (Wildman–Crippen MR) is 50.3 cm³/mol. The highest BCUT2D eigenvalue weighted by Gasteiger charge is 1.96. The minimum atomic E-state index is 0.888. The maximum atomic E-state index is 4.35. The molecule has 1 aromatic heterocycles. The van der Waals surface area contributed by atoms with E-state index >= 15 is 0 Å². The summed E-state index contributed by atoms with van der Waals surface area (Å²) in [7, 11) is 0. The lowest BCUT2D eigenvalue weighted by atomic mass is 10.3. The Hall–Kier alpha value is -0.375. The van der Waals surface area contributed by atoms with E-state index in [1.54, 1.807) is 0 Å². The van der Waals surface area contributed by atoms with Crippen molar-refractivity contribution in [2.24, 2.45) is 0 Å². The van der Waals surface area contributed by atoms with Crippen molar-refractivity contribution >= 4 is 52.7 Å². The van der Waals surface area contributed by atoms with Crippen LogP contribution >= 0.6 is 0 Å². The number of aromatic nitrogens is 2. The number of hydrogen-bond acceptors (Lipinski definition) is 2. The first-order valence-corrected chi connectivity index (χ1v) is 4.70. The molecule has 0 aliphatic carbocycles. The normalized spacial score (nSPS) is 10.3. The lowest BCUT2D eigenvalue weighted by Crippen LogP contribution is -2.31. The maximum absolute atomic E-state index is 4.35. The minimum Gasteiger partial charge on any atom is -0.272 e. The molecular weight excluding hydrogens is 178 g/mol. The topological polar surface area (TPSA) is 25.8 Å². The first kappa shape index (κ1) is 8.23. The summed E-state index contributed by atoms with van der Waals surface area (Å²) in [4.78, 5) is 8.71. The first-order chi connectivity index (χ1) is 5.77. The van der Waals surface area contributed by atoms with E-state index in [4.69, 9.17) is 0 Å². The number of rotatable bonds is 0. The quantitative estimate of drug-likeness (QED) is 0.499. The summed E-state index contributed by atoms with van der Waals surface area (Å²) in [6.07, 6.45) is 0. The van der Waals surface area contributed by atoms with E-state index in [0.29, 0.717) is 0 Å². The van der Waals surface area contributed by atoms with Crippen molar-refractivity contribution in [2.75, 3.05) is 0 Å². The molecular formula is C8H4Al2N2. The number of benzene rings is 1. The van der Waals surface area contributed by atoms with Crippen molar-refractivity contribution in [3.05, 3.63) is 24.3 Å². The lowest BCUT2D eigenvalue weighted by Gasteiger charge is -2.02. The van der Waals surface area contributed by atoms with Gasteiger partial charge in [-0.25, -0.2) is 0 Å². The van der Waals surface area contributed by atoms with Gasteiger partial charge in [0.1, 0.15) is 0 Å². The smallest absolute Gasteiger partial charge is 0.210 e. The van der Waals surface area contributed by atoms with Gasteiger partial charge >= 0.3 is 0 Å². The van der Waals surface area contributed by atoms with E-state index in [0.717, 1.165) is 20.1 Å². The molecule has 0 fully saturated rings. The minimum absolute atomic E-state index is 0.888. The SMILES string of the molecule is [Al][c]1nc2ccccc2n[c]1[Al]. The van der Waals surface area contributed by atoms with Gasteiger partial charge in [0.05, 0.1) is 11.0 Å². The number of hydrogen-bond donors (Lipinski definition) is 0. The predicted octanol–water partition coefficient (Wildman–Crippen LogP) is -0.783. The average Bonchev–Trinajstić information content (AvgIpc) is 2.07. The van der Waals surface area contributed by atoms with Gasteiger partial charge in [0.2, 0.25) is 32.6 Å². The molecule has 0 aliphatic rings. The van der Waals surface area contributed by atoms with Gasteiger partial charge in [0, 0.05) is 0 Å². The Kier molecular flexibility index (Phi) is 2.17. The molecule has 0 saturated heterocycles. The third-order valence-corrected chi connectivity index (χ3v) is 2.81. The third kappa shape index (κ3) is 1.40. The summed E-state index contributed by atoms with van der Waals surface area (Å²) in [5.41, 5.74) is 1.88. The van der Waals surface area contributed by atoms with E-state index in [-0.39, 0.29) is 0 Å². The van der Waals surface area contributed by atoms with Crippen molar-refractivity contribution in [1.29, 1.82) is 0 Å². The van der Waals surface area contributed by atoms with E-state index in [2.05, 4.69) is 42.5 Å². The summed E-state index contributed by atoms with van der Waals surface area (Å²) in [6, 6.07) is 7.84. The van der Waals surface area contributed by atoms with E-state index in [9.17, 15) is 0 Å². The Bertz CT molecular complexity index is 388.